The molecule has 0 N–H and O–H groups in total. The van der Waals surface area contributed by atoms with E-state index in [0.717, 1.165) is 0 Å². The minimum Gasteiger partial charge on any atom is -0.266 e. The molecule has 3 rings (SSSR count). The summed E-state index contributed by atoms with van der Waals surface area (Å²) >= 11 is 5.81. The van der Waals surface area contributed by atoms with Crippen molar-refractivity contribution in [2.75, 3.05) is 24.6 Å². The normalized spacial score (nSPS) is 16.5. The van der Waals surface area contributed by atoms with Gasteiger partial charge in [0.05, 0.1) is 4.90 Å². The van der Waals surface area contributed by atoms with Crippen molar-refractivity contribution >= 4 is 38.2 Å². The van der Waals surface area contributed by atoms with Gasteiger partial charge in [0.15, 0.2) is 0 Å². The summed E-state index contributed by atoms with van der Waals surface area (Å²) < 4.78 is 31.0. The van der Waals surface area contributed by atoms with Crippen LogP contribution in [0.1, 0.15) is 10.4 Å². The molecule has 1 amide bonds. The Bertz CT molecular complexity index is 887. The van der Waals surface area contributed by atoms with Crippen LogP contribution in [-0.2, 0) is 20.7 Å². The standard InChI is InChI=1S/C17H17ClN2O3S2/c18-15-6-8-16(9-7-15)25(22,23)20-10-12-24(13-11-20)19-17(21)14-4-2-1-3-5-14/h1-9H,10-13H2. The number of benzene rings is 2. The zero-order valence-electron chi connectivity index (χ0n) is 13.3. The number of hydrogen-bond donors (Lipinski definition) is 0. The monoisotopic (exact) mass is 396 g/mol. The van der Waals surface area contributed by atoms with Gasteiger partial charge in [-0.3, -0.25) is 4.79 Å². The van der Waals surface area contributed by atoms with Crippen LogP contribution in [0.25, 0.3) is 0 Å². The van der Waals surface area contributed by atoms with Crippen molar-refractivity contribution in [2.24, 2.45) is 4.36 Å². The Morgan fingerprint density at radius 2 is 1.60 bits per heavy atom. The molecule has 1 heterocycles. The van der Waals surface area contributed by atoms with Crippen LogP contribution in [0.15, 0.2) is 63.9 Å². The Morgan fingerprint density at radius 1 is 1.00 bits per heavy atom. The van der Waals surface area contributed by atoms with Crippen molar-refractivity contribution in [2.45, 2.75) is 4.90 Å². The summed E-state index contributed by atoms with van der Waals surface area (Å²) in [5.41, 5.74) is 0.561. The molecule has 5 nitrogen and oxygen atoms in total. The maximum Gasteiger partial charge on any atom is 0.282 e. The molecule has 0 bridgehead atoms. The van der Waals surface area contributed by atoms with E-state index in [2.05, 4.69) is 4.36 Å². The van der Waals surface area contributed by atoms with E-state index in [-0.39, 0.29) is 10.8 Å². The molecule has 0 atom stereocenters. The van der Waals surface area contributed by atoms with E-state index < -0.39 is 20.7 Å². The highest BCUT2D eigenvalue weighted by Gasteiger charge is 2.27. The molecule has 1 saturated heterocycles. The average molecular weight is 397 g/mol. The highest BCUT2D eigenvalue weighted by atomic mass is 35.5. The highest BCUT2D eigenvalue weighted by molar-refractivity contribution is 7.90. The van der Waals surface area contributed by atoms with Gasteiger partial charge in [-0.15, -0.1) is 0 Å². The van der Waals surface area contributed by atoms with E-state index >= 15 is 0 Å². The van der Waals surface area contributed by atoms with Gasteiger partial charge >= 0.3 is 0 Å². The van der Waals surface area contributed by atoms with Crippen molar-refractivity contribution in [3.05, 3.63) is 65.2 Å². The molecule has 1 aliphatic rings. The second kappa shape index (κ2) is 7.78. The molecule has 8 heteroatoms. The van der Waals surface area contributed by atoms with Crippen LogP contribution in [0.4, 0.5) is 0 Å². The van der Waals surface area contributed by atoms with Crippen LogP contribution in [0, 0.1) is 0 Å². The molecule has 0 unspecified atom stereocenters. The second-order valence-corrected chi connectivity index (χ2v) is 9.79. The summed E-state index contributed by atoms with van der Waals surface area (Å²) in [5.74, 6) is 0.884. The molecule has 0 radical (unpaired) electrons. The van der Waals surface area contributed by atoms with Crippen LogP contribution in [0.5, 0.6) is 0 Å². The minimum absolute atomic E-state index is 0.232. The van der Waals surface area contributed by atoms with Crippen molar-refractivity contribution in [1.82, 2.24) is 4.31 Å². The number of amides is 1. The smallest absolute Gasteiger partial charge is 0.266 e. The Hall–Kier alpha value is -1.54. The lowest BCUT2D eigenvalue weighted by atomic mass is 10.2. The maximum absolute atomic E-state index is 12.6. The van der Waals surface area contributed by atoms with E-state index in [9.17, 15) is 13.2 Å². The van der Waals surface area contributed by atoms with Crippen LogP contribution in [0.3, 0.4) is 0 Å². The first-order valence-electron chi connectivity index (χ1n) is 7.71. The molecular formula is C17H17ClN2O3S2. The van der Waals surface area contributed by atoms with E-state index in [4.69, 9.17) is 11.6 Å². The minimum atomic E-state index is -3.53. The first kappa shape index (κ1) is 18.3. The molecule has 1 fully saturated rings. The summed E-state index contributed by atoms with van der Waals surface area (Å²) in [6.45, 7) is 0.722. The van der Waals surface area contributed by atoms with Crippen molar-refractivity contribution in [3.8, 4) is 0 Å². The van der Waals surface area contributed by atoms with Gasteiger partial charge in [0.1, 0.15) is 0 Å². The fraction of sp³-hybridized carbons (Fsp3) is 0.235. The lowest BCUT2D eigenvalue weighted by molar-refractivity contribution is 0.100. The number of carbonyl (C=O) groups is 1. The summed E-state index contributed by atoms with van der Waals surface area (Å²) in [7, 11) is -3.97. The van der Waals surface area contributed by atoms with Gasteiger partial charge in [-0.2, -0.15) is 8.67 Å². The van der Waals surface area contributed by atoms with E-state index in [1.807, 2.05) is 6.07 Å². The van der Waals surface area contributed by atoms with Gasteiger partial charge in [0.25, 0.3) is 5.91 Å². The Kier molecular flexibility index (Phi) is 5.68. The number of hydrogen-bond acceptors (Lipinski definition) is 3. The van der Waals surface area contributed by atoms with E-state index in [1.54, 1.807) is 36.4 Å². The second-order valence-electron chi connectivity index (χ2n) is 5.49. The van der Waals surface area contributed by atoms with E-state index in [0.29, 0.717) is 35.2 Å². The van der Waals surface area contributed by atoms with Crippen LogP contribution in [-0.4, -0.2) is 43.2 Å². The maximum atomic E-state index is 12.6. The third-order valence-electron chi connectivity index (χ3n) is 3.84. The summed E-state index contributed by atoms with van der Waals surface area (Å²) in [6, 6.07) is 15.1. The fourth-order valence-corrected chi connectivity index (χ4v) is 5.85. The molecule has 1 aliphatic heterocycles. The summed E-state index contributed by atoms with van der Waals surface area (Å²) in [5, 5.41) is 0.498. The molecule has 0 aromatic heterocycles. The SMILES string of the molecule is O=C(N=S1CCN(S(=O)(=O)c2ccc(Cl)cc2)CC1)c1ccccc1. The zero-order chi connectivity index (χ0) is 17.9. The summed E-state index contributed by atoms with van der Waals surface area (Å²) in [4.78, 5) is 12.4. The number of nitrogens with zero attached hydrogens (tertiary/aromatic N) is 2. The number of rotatable bonds is 3. The quantitative estimate of drug-likeness (QED) is 0.800. The molecule has 0 spiro atoms. The molecule has 132 valence electrons. The van der Waals surface area contributed by atoms with Gasteiger partial charge < -0.3 is 0 Å². The molecule has 0 aliphatic carbocycles. The largest absolute Gasteiger partial charge is 0.282 e. The van der Waals surface area contributed by atoms with Gasteiger partial charge in [0.2, 0.25) is 10.0 Å². The highest BCUT2D eigenvalue weighted by Crippen LogP contribution is 2.20. The third-order valence-corrected chi connectivity index (χ3v) is 7.73. The lowest BCUT2D eigenvalue weighted by Gasteiger charge is -2.27. The Labute approximate surface area is 154 Å². The number of sulfonamides is 1. The molecule has 0 saturated carbocycles. The van der Waals surface area contributed by atoms with Gasteiger partial charge in [0, 0.05) is 35.2 Å². The van der Waals surface area contributed by atoms with Crippen molar-refractivity contribution in [1.29, 1.82) is 0 Å². The van der Waals surface area contributed by atoms with Gasteiger partial charge in [-0.1, -0.05) is 40.5 Å². The van der Waals surface area contributed by atoms with Crippen LogP contribution < -0.4 is 0 Å². The molecule has 2 aromatic rings. The zero-order valence-corrected chi connectivity index (χ0v) is 15.7. The van der Waals surface area contributed by atoms with Gasteiger partial charge in [-0.05, 0) is 36.4 Å². The third kappa shape index (κ3) is 4.36. The molecule has 25 heavy (non-hydrogen) atoms. The van der Waals surface area contributed by atoms with Crippen LogP contribution >= 0.6 is 11.6 Å². The fourth-order valence-electron chi connectivity index (χ4n) is 2.47. The Morgan fingerprint density at radius 3 is 2.20 bits per heavy atom. The van der Waals surface area contributed by atoms with Crippen molar-refractivity contribution in [3.63, 3.8) is 0 Å². The lowest BCUT2D eigenvalue weighted by Crippen LogP contribution is -2.41. The number of halogens is 1. The first-order chi connectivity index (χ1) is 12.0. The van der Waals surface area contributed by atoms with Crippen LogP contribution in [0.2, 0.25) is 5.02 Å². The predicted octanol–water partition coefficient (Wildman–Crippen LogP) is 2.99. The van der Waals surface area contributed by atoms with Crippen molar-refractivity contribution < 1.29 is 13.2 Å². The summed E-state index contributed by atoms with van der Waals surface area (Å²) in [6.07, 6.45) is 0. The molecular weight excluding hydrogens is 380 g/mol. The predicted molar refractivity (Wildman–Crippen MR) is 101 cm³/mol. The topological polar surface area (TPSA) is 66.8 Å². The van der Waals surface area contributed by atoms with Gasteiger partial charge in [-0.25, -0.2) is 8.42 Å². The van der Waals surface area contributed by atoms with E-state index in [1.165, 1.54) is 16.4 Å². The molecule has 2 aromatic carbocycles. The first-order valence-corrected chi connectivity index (χ1v) is 11.0. The Balaban J connectivity index is 1.68. The number of carbonyl (C=O) groups excluding carboxylic acids is 1. The average Bonchev–Trinajstić information content (AvgIpc) is 2.63.